The van der Waals surface area contributed by atoms with Crippen molar-refractivity contribution in [2.24, 2.45) is 0 Å². The van der Waals surface area contributed by atoms with Crippen LogP contribution in [0.1, 0.15) is 12.5 Å². The summed E-state index contributed by atoms with van der Waals surface area (Å²) in [4.78, 5) is 0. The third-order valence-corrected chi connectivity index (χ3v) is 2.18. The quantitative estimate of drug-likeness (QED) is 0.814. The second-order valence-corrected chi connectivity index (χ2v) is 3.42. The Morgan fingerprint density at radius 2 is 1.87 bits per heavy atom. The van der Waals surface area contributed by atoms with Crippen LogP contribution in [0.15, 0.2) is 24.3 Å². The van der Waals surface area contributed by atoms with E-state index in [0.29, 0.717) is 6.04 Å². The summed E-state index contributed by atoms with van der Waals surface area (Å²) in [7, 11) is 1.89. The first-order valence-corrected chi connectivity index (χ1v) is 4.83. The van der Waals surface area contributed by atoms with Crippen molar-refractivity contribution in [3.63, 3.8) is 0 Å². The molecule has 0 aliphatic heterocycles. The molecule has 1 aromatic carbocycles. The Morgan fingerprint density at radius 1 is 1.27 bits per heavy atom. The maximum absolute atomic E-state index is 11.9. The van der Waals surface area contributed by atoms with Crippen molar-refractivity contribution in [3.8, 4) is 5.75 Å². The van der Waals surface area contributed by atoms with Crippen molar-refractivity contribution in [3.05, 3.63) is 29.8 Å². The van der Waals surface area contributed by atoms with Crippen LogP contribution in [0.25, 0.3) is 0 Å². The SMILES string of the molecule is CNC(C)Cc1ccc(OC(F)F)cc1. The van der Waals surface area contributed by atoms with E-state index in [-0.39, 0.29) is 5.75 Å². The van der Waals surface area contributed by atoms with Crippen LogP contribution in [0.4, 0.5) is 8.78 Å². The highest BCUT2D eigenvalue weighted by atomic mass is 19.3. The molecule has 0 amide bonds. The zero-order valence-electron chi connectivity index (χ0n) is 8.84. The molecule has 1 aromatic rings. The molecular formula is C11H15F2NO. The molecule has 2 nitrogen and oxygen atoms in total. The Hall–Kier alpha value is -1.16. The molecule has 0 bridgehead atoms. The number of hydrogen-bond acceptors (Lipinski definition) is 2. The molecule has 15 heavy (non-hydrogen) atoms. The molecule has 0 aliphatic rings. The van der Waals surface area contributed by atoms with Gasteiger partial charge in [-0.2, -0.15) is 8.78 Å². The minimum Gasteiger partial charge on any atom is -0.435 e. The van der Waals surface area contributed by atoms with Crippen LogP contribution in [-0.2, 0) is 6.42 Å². The predicted octanol–water partition coefficient (Wildman–Crippen LogP) is 2.44. The average molecular weight is 215 g/mol. The lowest BCUT2D eigenvalue weighted by Crippen LogP contribution is -2.23. The summed E-state index contributed by atoms with van der Waals surface area (Å²) in [6, 6.07) is 7.08. The van der Waals surface area contributed by atoms with Crippen LogP contribution in [0.5, 0.6) is 5.75 Å². The first kappa shape index (κ1) is 11.9. The molecule has 0 aliphatic carbocycles. The number of likely N-dealkylation sites (N-methyl/N-ethyl adjacent to an activating group) is 1. The van der Waals surface area contributed by atoms with Gasteiger partial charge in [-0.1, -0.05) is 12.1 Å². The van der Waals surface area contributed by atoms with Gasteiger partial charge in [-0.05, 0) is 38.1 Å². The van der Waals surface area contributed by atoms with Gasteiger partial charge in [0.15, 0.2) is 0 Å². The number of benzene rings is 1. The lowest BCUT2D eigenvalue weighted by molar-refractivity contribution is -0.0498. The van der Waals surface area contributed by atoms with E-state index in [0.717, 1.165) is 12.0 Å². The second kappa shape index (κ2) is 5.66. The summed E-state index contributed by atoms with van der Waals surface area (Å²) < 4.78 is 28.0. The summed E-state index contributed by atoms with van der Waals surface area (Å²) in [6.07, 6.45) is 0.867. The molecule has 0 saturated heterocycles. The molecule has 1 rings (SSSR count). The van der Waals surface area contributed by atoms with E-state index in [1.54, 1.807) is 24.3 Å². The van der Waals surface area contributed by atoms with E-state index in [2.05, 4.69) is 17.0 Å². The first-order valence-electron chi connectivity index (χ1n) is 4.83. The zero-order chi connectivity index (χ0) is 11.3. The Kier molecular flexibility index (Phi) is 4.49. The van der Waals surface area contributed by atoms with Gasteiger partial charge >= 0.3 is 6.61 Å². The van der Waals surface area contributed by atoms with Gasteiger partial charge < -0.3 is 10.1 Å². The van der Waals surface area contributed by atoms with Gasteiger partial charge in [-0.25, -0.2) is 0 Å². The van der Waals surface area contributed by atoms with Gasteiger partial charge in [0.25, 0.3) is 0 Å². The first-order chi connectivity index (χ1) is 7.11. The van der Waals surface area contributed by atoms with Gasteiger partial charge in [-0.3, -0.25) is 0 Å². The fourth-order valence-corrected chi connectivity index (χ4v) is 1.26. The molecule has 0 spiro atoms. The highest BCUT2D eigenvalue weighted by Crippen LogP contribution is 2.15. The Balaban J connectivity index is 2.56. The van der Waals surface area contributed by atoms with Crippen LogP contribution in [0.3, 0.4) is 0 Å². The Bertz CT molecular complexity index is 287. The molecule has 0 fully saturated rings. The molecule has 84 valence electrons. The van der Waals surface area contributed by atoms with Crippen LogP contribution in [-0.4, -0.2) is 19.7 Å². The smallest absolute Gasteiger partial charge is 0.387 e. The van der Waals surface area contributed by atoms with Gasteiger partial charge in [0.2, 0.25) is 0 Å². The van der Waals surface area contributed by atoms with E-state index in [4.69, 9.17) is 0 Å². The number of alkyl halides is 2. The van der Waals surface area contributed by atoms with Crippen LogP contribution in [0.2, 0.25) is 0 Å². The molecular weight excluding hydrogens is 200 g/mol. The van der Waals surface area contributed by atoms with Crippen molar-refractivity contribution in [2.75, 3.05) is 7.05 Å². The van der Waals surface area contributed by atoms with Crippen molar-refractivity contribution in [1.29, 1.82) is 0 Å². The largest absolute Gasteiger partial charge is 0.435 e. The van der Waals surface area contributed by atoms with E-state index in [1.807, 2.05) is 7.05 Å². The normalized spacial score (nSPS) is 12.9. The summed E-state index contributed by atoms with van der Waals surface area (Å²) >= 11 is 0. The monoisotopic (exact) mass is 215 g/mol. The molecule has 1 unspecified atom stereocenters. The summed E-state index contributed by atoms with van der Waals surface area (Å²) in [5.74, 6) is 0.200. The Labute approximate surface area is 88.3 Å². The number of nitrogens with one attached hydrogen (secondary N) is 1. The van der Waals surface area contributed by atoms with E-state index >= 15 is 0 Å². The van der Waals surface area contributed by atoms with Crippen LogP contribution < -0.4 is 10.1 Å². The molecule has 0 radical (unpaired) electrons. The lowest BCUT2D eigenvalue weighted by atomic mass is 10.1. The molecule has 0 saturated carbocycles. The van der Waals surface area contributed by atoms with Crippen LogP contribution >= 0.6 is 0 Å². The lowest BCUT2D eigenvalue weighted by Gasteiger charge is -2.10. The molecule has 1 N–H and O–H groups in total. The molecule has 0 heterocycles. The number of halogens is 2. The zero-order valence-corrected chi connectivity index (χ0v) is 8.84. The summed E-state index contributed by atoms with van der Waals surface area (Å²) in [5.41, 5.74) is 1.10. The summed E-state index contributed by atoms with van der Waals surface area (Å²) in [5, 5.41) is 3.11. The summed E-state index contributed by atoms with van der Waals surface area (Å²) in [6.45, 7) is -0.698. The van der Waals surface area contributed by atoms with Gasteiger partial charge in [0, 0.05) is 6.04 Å². The van der Waals surface area contributed by atoms with Crippen molar-refractivity contribution in [1.82, 2.24) is 5.32 Å². The number of rotatable bonds is 5. The standard InChI is InChI=1S/C11H15F2NO/c1-8(14-2)7-9-3-5-10(6-4-9)15-11(12)13/h3-6,8,11,14H,7H2,1-2H3. The van der Waals surface area contributed by atoms with Gasteiger partial charge in [0.1, 0.15) is 5.75 Å². The van der Waals surface area contributed by atoms with Gasteiger partial charge in [0.05, 0.1) is 0 Å². The molecule has 1 atom stereocenters. The van der Waals surface area contributed by atoms with Gasteiger partial charge in [-0.15, -0.1) is 0 Å². The minimum absolute atomic E-state index is 0.200. The van der Waals surface area contributed by atoms with Crippen LogP contribution in [0, 0.1) is 0 Å². The van der Waals surface area contributed by atoms with E-state index in [1.165, 1.54) is 0 Å². The number of hydrogen-bond donors (Lipinski definition) is 1. The topological polar surface area (TPSA) is 21.3 Å². The highest BCUT2D eigenvalue weighted by molar-refractivity contribution is 5.27. The van der Waals surface area contributed by atoms with E-state index < -0.39 is 6.61 Å². The highest BCUT2D eigenvalue weighted by Gasteiger charge is 2.04. The molecule has 0 aromatic heterocycles. The average Bonchev–Trinajstić information content (AvgIpc) is 2.20. The van der Waals surface area contributed by atoms with Crippen molar-refractivity contribution >= 4 is 0 Å². The third-order valence-electron chi connectivity index (χ3n) is 2.18. The Morgan fingerprint density at radius 3 is 2.33 bits per heavy atom. The van der Waals surface area contributed by atoms with Crippen molar-refractivity contribution < 1.29 is 13.5 Å². The number of ether oxygens (including phenoxy) is 1. The third kappa shape index (κ3) is 4.25. The minimum atomic E-state index is -2.76. The molecule has 4 heteroatoms. The fraction of sp³-hybridized carbons (Fsp3) is 0.455. The maximum atomic E-state index is 11.9. The van der Waals surface area contributed by atoms with Crippen molar-refractivity contribution in [2.45, 2.75) is 26.0 Å². The fourth-order valence-electron chi connectivity index (χ4n) is 1.26. The van der Waals surface area contributed by atoms with E-state index in [9.17, 15) is 8.78 Å². The predicted molar refractivity (Wildman–Crippen MR) is 55.3 cm³/mol. The second-order valence-electron chi connectivity index (χ2n) is 3.42. The maximum Gasteiger partial charge on any atom is 0.387 e.